The molecule has 0 aliphatic carbocycles. The number of aryl methyl sites for hydroxylation is 2. The highest BCUT2D eigenvalue weighted by molar-refractivity contribution is 5.24. The van der Waals surface area contributed by atoms with Gasteiger partial charge in [-0.3, -0.25) is 4.90 Å². The molecule has 2 N–H and O–H groups in total. The third-order valence-electron chi connectivity index (χ3n) is 3.02. The average molecular weight is 194 g/mol. The molecule has 3 heteroatoms. The largest absolute Gasteiger partial charge is 0.466 e. The first-order valence-electron chi connectivity index (χ1n) is 5.14. The van der Waals surface area contributed by atoms with Crippen molar-refractivity contribution < 1.29 is 4.42 Å². The van der Waals surface area contributed by atoms with Crippen LogP contribution >= 0.6 is 0 Å². The first kappa shape index (κ1) is 9.74. The summed E-state index contributed by atoms with van der Waals surface area (Å²) in [5, 5.41) is 0. The van der Waals surface area contributed by atoms with Crippen molar-refractivity contribution in [1.82, 2.24) is 4.90 Å². The molecule has 1 aromatic heterocycles. The third kappa shape index (κ3) is 1.57. The molecule has 0 radical (unpaired) electrons. The second kappa shape index (κ2) is 3.41. The van der Waals surface area contributed by atoms with Crippen molar-refractivity contribution in [3.8, 4) is 0 Å². The lowest BCUT2D eigenvalue weighted by atomic mass is 10.0. The fourth-order valence-corrected chi connectivity index (χ4v) is 2.13. The molecule has 78 valence electrons. The number of hydrogen-bond donors (Lipinski definition) is 1. The van der Waals surface area contributed by atoms with Crippen LogP contribution in [-0.4, -0.2) is 24.0 Å². The van der Waals surface area contributed by atoms with Crippen LogP contribution in [0.5, 0.6) is 0 Å². The van der Waals surface area contributed by atoms with Gasteiger partial charge in [-0.2, -0.15) is 0 Å². The summed E-state index contributed by atoms with van der Waals surface area (Å²) in [6.45, 7) is 8.24. The summed E-state index contributed by atoms with van der Waals surface area (Å²) in [7, 11) is 0. The van der Waals surface area contributed by atoms with E-state index < -0.39 is 0 Å². The highest BCUT2D eigenvalue weighted by Gasteiger charge is 2.29. The van der Waals surface area contributed by atoms with Crippen molar-refractivity contribution in [2.75, 3.05) is 13.1 Å². The lowest BCUT2D eigenvalue weighted by molar-refractivity contribution is 0.102. The predicted molar refractivity (Wildman–Crippen MR) is 56.1 cm³/mol. The molecule has 0 bridgehead atoms. The van der Waals surface area contributed by atoms with Crippen molar-refractivity contribution in [2.45, 2.75) is 32.9 Å². The highest BCUT2D eigenvalue weighted by Crippen LogP contribution is 2.28. The Morgan fingerprint density at radius 3 is 2.57 bits per heavy atom. The Kier molecular flexibility index (Phi) is 2.37. The number of rotatable bonds is 2. The van der Waals surface area contributed by atoms with Gasteiger partial charge in [-0.05, 0) is 26.8 Å². The number of nitrogens with two attached hydrogens (primary N) is 1. The van der Waals surface area contributed by atoms with Crippen LogP contribution in [0.4, 0.5) is 0 Å². The maximum atomic E-state index is 5.76. The second-order valence-electron chi connectivity index (χ2n) is 4.26. The smallest absolute Gasteiger partial charge is 0.105 e. The number of nitrogens with zero attached hydrogens (tertiary/aromatic N) is 1. The van der Waals surface area contributed by atoms with Crippen LogP contribution in [0.2, 0.25) is 0 Å². The van der Waals surface area contributed by atoms with Crippen LogP contribution in [0.1, 0.15) is 30.0 Å². The van der Waals surface area contributed by atoms with Crippen LogP contribution in [-0.2, 0) is 0 Å². The number of hydrogen-bond acceptors (Lipinski definition) is 3. The van der Waals surface area contributed by atoms with Crippen LogP contribution in [0.3, 0.4) is 0 Å². The molecule has 1 unspecified atom stereocenters. The van der Waals surface area contributed by atoms with Crippen molar-refractivity contribution in [3.05, 3.63) is 23.2 Å². The Labute approximate surface area is 84.9 Å². The minimum absolute atomic E-state index is 0.366. The van der Waals surface area contributed by atoms with Crippen molar-refractivity contribution in [3.63, 3.8) is 0 Å². The van der Waals surface area contributed by atoms with E-state index in [1.807, 2.05) is 13.8 Å². The van der Waals surface area contributed by atoms with E-state index in [4.69, 9.17) is 10.2 Å². The normalized spacial score (nSPS) is 20.9. The van der Waals surface area contributed by atoms with Crippen LogP contribution in [0.25, 0.3) is 0 Å². The minimum atomic E-state index is 0.366. The van der Waals surface area contributed by atoms with Gasteiger partial charge in [-0.1, -0.05) is 0 Å². The molecular formula is C11H18N2O. The summed E-state index contributed by atoms with van der Waals surface area (Å²) in [6, 6.07) is 2.93. The van der Waals surface area contributed by atoms with E-state index >= 15 is 0 Å². The lowest BCUT2D eigenvalue weighted by Gasteiger charge is -2.41. The van der Waals surface area contributed by atoms with Gasteiger partial charge in [0, 0.05) is 30.7 Å². The summed E-state index contributed by atoms with van der Waals surface area (Å²) in [5.74, 6) is 2.03. The van der Waals surface area contributed by atoms with E-state index in [0.29, 0.717) is 12.1 Å². The Balaban J connectivity index is 2.11. The van der Waals surface area contributed by atoms with Gasteiger partial charge < -0.3 is 10.2 Å². The molecule has 0 spiro atoms. The SMILES string of the molecule is Cc1cc(C(C)N2CC(N)C2)c(C)o1. The molecular weight excluding hydrogens is 176 g/mol. The van der Waals surface area contributed by atoms with Crippen LogP contribution in [0.15, 0.2) is 10.5 Å². The van der Waals surface area contributed by atoms with E-state index in [2.05, 4.69) is 17.9 Å². The molecule has 14 heavy (non-hydrogen) atoms. The van der Waals surface area contributed by atoms with Gasteiger partial charge in [0.1, 0.15) is 11.5 Å². The van der Waals surface area contributed by atoms with Crippen molar-refractivity contribution in [2.24, 2.45) is 5.73 Å². The summed E-state index contributed by atoms with van der Waals surface area (Å²) in [5.41, 5.74) is 7.06. The summed E-state index contributed by atoms with van der Waals surface area (Å²) in [6.07, 6.45) is 0. The third-order valence-corrected chi connectivity index (χ3v) is 3.02. The zero-order valence-corrected chi connectivity index (χ0v) is 9.08. The Morgan fingerprint density at radius 2 is 2.14 bits per heavy atom. The molecule has 2 heterocycles. The molecule has 0 saturated carbocycles. The van der Waals surface area contributed by atoms with Gasteiger partial charge in [0.05, 0.1) is 0 Å². The van der Waals surface area contributed by atoms with E-state index in [1.54, 1.807) is 0 Å². The summed E-state index contributed by atoms with van der Waals surface area (Å²) in [4.78, 5) is 2.38. The van der Waals surface area contributed by atoms with Crippen molar-refractivity contribution in [1.29, 1.82) is 0 Å². The Morgan fingerprint density at radius 1 is 1.50 bits per heavy atom. The van der Waals surface area contributed by atoms with E-state index in [1.165, 1.54) is 5.56 Å². The highest BCUT2D eigenvalue weighted by atomic mass is 16.3. The van der Waals surface area contributed by atoms with Crippen LogP contribution < -0.4 is 5.73 Å². The zero-order valence-electron chi connectivity index (χ0n) is 9.08. The molecule has 0 aromatic carbocycles. The van der Waals surface area contributed by atoms with E-state index in [9.17, 15) is 0 Å². The maximum Gasteiger partial charge on any atom is 0.105 e. The molecule has 1 aliphatic heterocycles. The molecule has 0 amide bonds. The monoisotopic (exact) mass is 194 g/mol. The zero-order chi connectivity index (χ0) is 10.3. The standard InChI is InChI=1S/C11H18N2O/c1-7-4-11(9(3)14-7)8(2)13-5-10(12)6-13/h4,8,10H,5-6,12H2,1-3H3. The van der Waals surface area contributed by atoms with Crippen molar-refractivity contribution >= 4 is 0 Å². The molecule has 2 rings (SSSR count). The Bertz CT molecular complexity index is 326. The quantitative estimate of drug-likeness (QED) is 0.777. The molecule has 1 aromatic rings. The average Bonchev–Trinajstić information content (AvgIpc) is 2.39. The molecule has 3 nitrogen and oxygen atoms in total. The van der Waals surface area contributed by atoms with E-state index in [0.717, 1.165) is 24.6 Å². The molecule has 1 saturated heterocycles. The molecule has 1 atom stereocenters. The van der Waals surface area contributed by atoms with Gasteiger partial charge in [-0.15, -0.1) is 0 Å². The fourth-order valence-electron chi connectivity index (χ4n) is 2.13. The number of likely N-dealkylation sites (tertiary alicyclic amines) is 1. The van der Waals surface area contributed by atoms with Gasteiger partial charge in [-0.25, -0.2) is 0 Å². The lowest BCUT2D eigenvalue weighted by Crippen LogP contribution is -2.56. The summed E-state index contributed by atoms with van der Waals surface area (Å²) < 4.78 is 5.52. The van der Waals surface area contributed by atoms with Gasteiger partial charge >= 0.3 is 0 Å². The van der Waals surface area contributed by atoms with Gasteiger partial charge in [0.15, 0.2) is 0 Å². The first-order valence-corrected chi connectivity index (χ1v) is 5.14. The molecule has 1 fully saturated rings. The summed E-state index contributed by atoms with van der Waals surface area (Å²) >= 11 is 0. The van der Waals surface area contributed by atoms with Gasteiger partial charge in [0.25, 0.3) is 0 Å². The second-order valence-corrected chi connectivity index (χ2v) is 4.26. The van der Waals surface area contributed by atoms with Gasteiger partial charge in [0.2, 0.25) is 0 Å². The topological polar surface area (TPSA) is 42.4 Å². The minimum Gasteiger partial charge on any atom is -0.466 e. The Hall–Kier alpha value is -0.800. The maximum absolute atomic E-state index is 5.76. The first-order chi connectivity index (χ1) is 6.58. The number of furan rings is 1. The fraction of sp³-hybridized carbons (Fsp3) is 0.636. The predicted octanol–water partition coefficient (Wildman–Crippen LogP) is 1.60. The molecule has 1 aliphatic rings. The van der Waals surface area contributed by atoms with E-state index in [-0.39, 0.29) is 0 Å². The van der Waals surface area contributed by atoms with Crippen LogP contribution in [0, 0.1) is 13.8 Å².